The van der Waals surface area contributed by atoms with E-state index in [1.165, 1.54) is 12.8 Å². The Labute approximate surface area is 192 Å². The lowest BCUT2D eigenvalue weighted by atomic mass is 9.98. The number of nitrogens with two attached hydrogens (primary N) is 1. The largest absolute Gasteiger partial charge is 0.382 e. The Morgan fingerprint density at radius 3 is 2.76 bits per heavy atom. The minimum absolute atomic E-state index is 0.0938. The molecule has 1 aromatic carbocycles. The standard InChI is InChI=1S/C23H31N5O5/c24-13-15-3-2-9-27(14-15)10-12-33-11-8-25-17-5-1-4-16-20(17)23(32)28(22(16)31)18-6-7-19(29)26-21(18)30/h1,4-5,15,18,25H,2-3,6-14,24H2,(H,26,29,30). The zero-order chi connectivity index (χ0) is 23.4. The van der Waals surface area contributed by atoms with Gasteiger partial charge in [0.05, 0.1) is 24.3 Å². The summed E-state index contributed by atoms with van der Waals surface area (Å²) in [5.41, 5.74) is 6.84. The molecule has 0 bridgehead atoms. The van der Waals surface area contributed by atoms with Crippen LogP contribution in [0.5, 0.6) is 0 Å². The van der Waals surface area contributed by atoms with Crippen LogP contribution in [0.4, 0.5) is 5.69 Å². The van der Waals surface area contributed by atoms with Gasteiger partial charge in [0.2, 0.25) is 11.8 Å². The molecule has 10 heteroatoms. The second-order valence-electron chi connectivity index (χ2n) is 8.76. The maximum absolute atomic E-state index is 13.1. The quantitative estimate of drug-likeness (QED) is 0.353. The van der Waals surface area contributed by atoms with Gasteiger partial charge in [0.25, 0.3) is 11.8 Å². The highest BCUT2D eigenvalue weighted by molar-refractivity contribution is 6.25. The summed E-state index contributed by atoms with van der Waals surface area (Å²) in [5, 5.41) is 5.39. The fraction of sp³-hybridized carbons (Fsp3) is 0.565. The first-order valence-electron chi connectivity index (χ1n) is 11.6. The number of amides is 4. The molecule has 1 aromatic rings. The molecule has 10 nitrogen and oxygen atoms in total. The molecule has 2 unspecified atom stereocenters. The van der Waals surface area contributed by atoms with E-state index in [0.717, 1.165) is 31.1 Å². The van der Waals surface area contributed by atoms with Gasteiger partial charge < -0.3 is 20.7 Å². The third-order valence-electron chi connectivity index (χ3n) is 6.52. The number of likely N-dealkylation sites (tertiary alicyclic amines) is 1. The average Bonchev–Trinajstić information content (AvgIpc) is 3.07. The van der Waals surface area contributed by atoms with Gasteiger partial charge in [-0.3, -0.25) is 29.4 Å². The number of benzene rings is 1. The lowest BCUT2D eigenvalue weighted by Gasteiger charge is -2.31. The smallest absolute Gasteiger partial charge is 0.264 e. The molecule has 33 heavy (non-hydrogen) atoms. The Morgan fingerprint density at radius 2 is 1.97 bits per heavy atom. The number of anilines is 1. The SMILES string of the molecule is NCC1CCCN(CCOCCNc2cccc3c2C(=O)N(C2CCC(=O)NC2=O)C3=O)C1. The molecular formula is C23H31N5O5. The van der Waals surface area contributed by atoms with E-state index in [9.17, 15) is 19.2 Å². The number of piperidine rings is 2. The van der Waals surface area contributed by atoms with Crippen molar-refractivity contribution in [1.29, 1.82) is 0 Å². The van der Waals surface area contributed by atoms with Crippen molar-refractivity contribution < 1.29 is 23.9 Å². The highest BCUT2D eigenvalue weighted by Gasteiger charge is 2.45. The molecule has 4 N–H and O–H groups in total. The van der Waals surface area contributed by atoms with Gasteiger partial charge in [-0.1, -0.05) is 6.07 Å². The fourth-order valence-electron chi connectivity index (χ4n) is 4.76. The van der Waals surface area contributed by atoms with Crippen LogP contribution in [-0.2, 0) is 14.3 Å². The van der Waals surface area contributed by atoms with Crippen molar-refractivity contribution in [1.82, 2.24) is 15.1 Å². The van der Waals surface area contributed by atoms with E-state index in [1.54, 1.807) is 18.2 Å². The van der Waals surface area contributed by atoms with Crippen LogP contribution in [-0.4, -0.2) is 85.4 Å². The Hall–Kier alpha value is -2.82. The molecule has 2 saturated heterocycles. The van der Waals surface area contributed by atoms with E-state index in [-0.39, 0.29) is 24.0 Å². The van der Waals surface area contributed by atoms with Crippen LogP contribution in [0.15, 0.2) is 18.2 Å². The first-order valence-corrected chi connectivity index (χ1v) is 11.6. The molecule has 0 saturated carbocycles. The molecule has 0 aromatic heterocycles. The molecule has 4 amide bonds. The van der Waals surface area contributed by atoms with E-state index in [1.807, 2.05) is 0 Å². The molecule has 0 aliphatic carbocycles. The molecule has 178 valence electrons. The number of imide groups is 2. The van der Waals surface area contributed by atoms with Gasteiger partial charge in [0.15, 0.2) is 0 Å². The Kier molecular flexibility index (Phi) is 7.36. The van der Waals surface area contributed by atoms with Crippen LogP contribution < -0.4 is 16.4 Å². The van der Waals surface area contributed by atoms with E-state index in [2.05, 4.69) is 15.5 Å². The van der Waals surface area contributed by atoms with Crippen molar-refractivity contribution in [2.24, 2.45) is 11.7 Å². The highest BCUT2D eigenvalue weighted by Crippen LogP contribution is 2.32. The van der Waals surface area contributed by atoms with Gasteiger partial charge in [-0.05, 0) is 50.4 Å². The second-order valence-corrected chi connectivity index (χ2v) is 8.76. The first kappa shape index (κ1) is 23.3. The number of hydrogen-bond acceptors (Lipinski definition) is 8. The molecular weight excluding hydrogens is 426 g/mol. The highest BCUT2D eigenvalue weighted by atomic mass is 16.5. The third kappa shape index (κ3) is 5.07. The molecule has 3 heterocycles. The van der Waals surface area contributed by atoms with Crippen LogP contribution in [0.3, 0.4) is 0 Å². The van der Waals surface area contributed by atoms with Crippen molar-refractivity contribution in [3.63, 3.8) is 0 Å². The zero-order valence-electron chi connectivity index (χ0n) is 18.7. The van der Waals surface area contributed by atoms with Crippen LogP contribution in [0.1, 0.15) is 46.4 Å². The summed E-state index contributed by atoms with van der Waals surface area (Å²) in [5.74, 6) is -1.47. The van der Waals surface area contributed by atoms with Crippen molar-refractivity contribution in [2.45, 2.75) is 31.7 Å². The number of hydrogen-bond donors (Lipinski definition) is 3. The summed E-state index contributed by atoms with van der Waals surface area (Å²) < 4.78 is 5.75. The van der Waals surface area contributed by atoms with Crippen molar-refractivity contribution in [3.8, 4) is 0 Å². The minimum atomic E-state index is -0.972. The van der Waals surface area contributed by atoms with Gasteiger partial charge in [-0.2, -0.15) is 0 Å². The summed E-state index contributed by atoms with van der Waals surface area (Å²) in [4.78, 5) is 52.9. The summed E-state index contributed by atoms with van der Waals surface area (Å²) in [6.07, 6.45) is 2.60. The number of nitrogens with one attached hydrogen (secondary N) is 2. The molecule has 0 spiro atoms. The number of carbonyl (C=O) groups excluding carboxylic acids is 4. The maximum atomic E-state index is 13.1. The summed E-state index contributed by atoms with van der Waals surface area (Å²) in [6, 6.07) is 4.04. The Balaban J connectivity index is 1.29. The van der Waals surface area contributed by atoms with E-state index < -0.39 is 29.7 Å². The van der Waals surface area contributed by atoms with Crippen LogP contribution in [0.2, 0.25) is 0 Å². The number of carbonyl (C=O) groups is 4. The predicted molar refractivity (Wildman–Crippen MR) is 121 cm³/mol. The summed E-state index contributed by atoms with van der Waals surface area (Å²) in [7, 11) is 0. The summed E-state index contributed by atoms with van der Waals surface area (Å²) >= 11 is 0. The van der Waals surface area contributed by atoms with Crippen molar-refractivity contribution in [3.05, 3.63) is 29.3 Å². The molecule has 3 aliphatic rings. The van der Waals surface area contributed by atoms with Crippen LogP contribution in [0, 0.1) is 5.92 Å². The van der Waals surface area contributed by atoms with E-state index in [0.29, 0.717) is 31.4 Å². The topological polar surface area (TPSA) is 134 Å². The normalized spacial score (nSPS) is 23.6. The number of nitrogens with zero attached hydrogens (tertiary/aromatic N) is 2. The van der Waals surface area contributed by atoms with Crippen LogP contribution in [0.25, 0.3) is 0 Å². The van der Waals surface area contributed by atoms with Gasteiger partial charge in [0, 0.05) is 31.7 Å². The monoisotopic (exact) mass is 457 g/mol. The van der Waals surface area contributed by atoms with Gasteiger partial charge in [0.1, 0.15) is 6.04 Å². The van der Waals surface area contributed by atoms with Gasteiger partial charge >= 0.3 is 0 Å². The van der Waals surface area contributed by atoms with E-state index in [4.69, 9.17) is 10.5 Å². The molecule has 0 radical (unpaired) electrons. The minimum Gasteiger partial charge on any atom is -0.382 e. The lowest BCUT2D eigenvalue weighted by Crippen LogP contribution is -2.54. The number of ether oxygens (including phenoxy) is 1. The lowest BCUT2D eigenvalue weighted by molar-refractivity contribution is -0.136. The summed E-state index contributed by atoms with van der Waals surface area (Å²) in [6.45, 7) is 5.24. The van der Waals surface area contributed by atoms with E-state index >= 15 is 0 Å². The number of rotatable bonds is 9. The zero-order valence-corrected chi connectivity index (χ0v) is 18.7. The van der Waals surface area contributed by atoms with Crippen molar-refractivity contribution >= 4 is 29.3 Å². The molecule has 2 atom stereocenters. The molecule has 3 aliphatic heterocycles. The maximum Gasteiger partial charge on any atom is 0.264 e. The predicted octanol–water partition coefficient (Wildman–Crippen LogP) is 0.187. The van der Waals surface area contributed by atoms with Crippen LogP contribution >= 0.6 is 0 Å². The Bertz CT molecular complexity index is 936. The molecule has 4 rings (SSSR count). The fourth-order valence-corrected chi connectivity index (χ4v) is 4.76. The van der Waals surface area contributed by atoms with Gasteiger partial charge in [-0.15, -0.1) is 0 Å². The average molecular weight is 458 g/mol. The van der Waals surface area contributed by atoms with Crippen molar-refractivity contribution in [2.75, 3.05) is 51.3 Å². The third-order valence-corrected chi connectivity index (χ3v) is 6.52. The number of fused-ring (bicyclic) bond motifs is 1. The van der Waals surface area contributed by atoms with Gasteiger partial charge in [-0.25, -0.2) is 0 Å². The Morgan fingerprint density at radius 1 is 1.12 bits per heavy atom. The molecule has 2 fully saturated rings. The first-order chi connectivity index (χ1) is 16.0. The second kappa shape index (κ2) is 10.4.